The van der Waals surface area contributed by atoms with Crippen LogP contribution in [-0.4, -0.2) is 29.5 Å². The van der Waals surface area contributed by atoms with Crippen LogP contribution in [0.4, 0.5) is 0 Å². The van der Waals surface area contributed by atoms with Gasteiger partial charge in [0.2, 0.25) is 0 Å². The first-order valence-electron chi connectivity index (χ1n) is 14.2. The third kappa shape index (κ3) is 8.14. The fourth-order valence-corrected chi connectivity index (χ4v) is 5.22. The Labute approximate surface area is 239 Å². The summed E-state index contributed by atoms with van der Waals surface area (Å²) in [6, 6.07) is 36.8. The largest absolute Gasteiger partial charge is 0.423 e. The molecule has 0 spiro atoms. The van der Waals surface area contributed by atoms with Crippen LogP contribution in [0.15, 0.2) is 109 Å². The highest BCUT2D eigenvalue weighted by Crippen LogP contribution is 2.36. The maximum absolute atomic E-state index is 13.1. The molecule has 4 aromatic rings. The van der Waals surface area contributed by atoms with Crippen molar-refractivity contribution in [1.82, 2.24) is 4.90 Å². The van der Waals surface area contributed by atoms with Crippen LogP contribution in [0.25, 0.3) is 0 Å². The second-order valence-corrected chi connectivity index (χ2v) is 10.8. The maximum Gasteiger partial charge on any atom is 0.343 e. The van der Waals surface area contributed by atoms with E-state index in [1.807, 2.05) is 54.6 Å². The molecule has 208 valence electrons. The second kappa shape index (κ2) is 14.6. The van der Waals surface area contributed by atoms with Gasteiger partial charge in [-0.15, -0.1) is 0 Å². The summed E-state index contributed by atoms with van der Waals surface area (Å²) < 4.78 is 12.2. The molecule has 40 heavy (non-hydrogen) atoms. The van der Waals surface area contributed by atoms with E-state index in [-0.39, 0.29) is 11.9 Å². The molecule has 4 rings (SSSR count). The topological polar surface area (TPSA) is 38.8 Å². The molecule has 0 aliphatic rings. The van der Waals surface area contributed by atoms with Crippen molar-refractivity contribution >= 4 is 5.97 Å². The molecule has 0 N–H and O–H groups in total. The van der Waals surface area contributed by atoms with E-state index in [0.29, 0.717) is 36.6 Å². The van der Waals surface area contributed by atoms with Gasteiger partial charge in [0.1, 0.15) is 5.75 Å². The number of carbonyl (C=O) groups excluding carboxylic acids is 1. The average molecular weight is 536 g/mol. The average Bonchev–Trinajstić information content (AvgIpc) is 2.97. The third-order valence-corrected chi connectivity index (χ3v) is 7.25. The van der Waals surface area contributed by atoms with Crippen molar-refractivity contribution in [3.63, 3.8) is 0 Å². The lowest BCUT2D eigenvalue weighted by Crippen LogP contribution is -2.38. The minimum Gasteiger partial charge on any atom is -0.423 e. The molecule has 0 aliphatic carbocycles. The lowest BCUT2D eigenvalue weighted by atomic mass is 9.86. The monoisotopic (exact) mass is 535 g/mol. The molecule has 4 nitrogen and oxygen atoms in total. The van der Waals surface area contributed by atoms with E-state index in [2.05, 4.69) is 75.1 Å². The Morgan fingerprint density at radius 1 is 0.700 bits per heavy atom. The zero-order chi connectivity index (χ0) is 28.3. The van der Waals surface area contributed by atoms with E-state index < -0.39 is 0 Å². The predicted octanol–water partition coefficient (Wildman–Crippen LogP) is 8.26. The van der Waals surface area contributed by atoms with Gasteiger partial charge < -0.3 is 9.47 Å². The summed E-state index contributed by atoms with van der Waals surface area (Å²) >= 11 is 0. The van der Waals surface area contributed by atoms with Crippen molar-refractivity contribution in [1.29, 1.82) is 0 Å². The first-order chi connectivity index (χ1) is 19.4. The van der Waals surface area contributed by atoms with Gasteiger partial charge in [-0.2, -0.15) is 0 Å². The van der Waals surface area contributed by atoms with Crippen molar-refractivity contribution in [3.8, 4) is 5.75 Å². The van der Waals surface area contributed by atoms with Gasteiger partial charge in [0.05, 0.1) is 18.8 Å². The Morgan fingerprint density at radius 2 is 1.27 bits per heavy atom. The number of hydrogen-bond donors (Lipinski definition) is 0. The van der Waals surface area contributed by atoms with Gasteiger partial charge >= 0.3 is 5.97 Å². The summed E-state index contributed by atoms with van der Waals surface area (Å²) in [6.45, 7) is 10.9. The fraction of sp³-hybridized carbons (Fsp3) is 0.306. The molecule has 0 bridgehead atoms. The zero-order valence-electron chi connectivity index (χ0n) is 24.1. The minimum atomic E-state index is -0.354. The second-order valence-electron chi connectivity index (χ2n) is 10.8. The Balaban J connectivity index is 1.67. The maximum atomic E-state index is 13.1. The molecule has 1 atom stereocenters. The molecule has 0 fully saturated rings. The first-order valence-corrected chi connectivity index (χ1v) is 14.2. The number of ether oxygens (including phenoxy) is 2. The molecule has 4 heteroatoms. The summed E-state index contributed by atoms with van der Waals surface area (Å²) in [5.74, 6) is 0.289. The standard InChI is InChI=1S/C36H41NO3/c1-27(2)37(28(3)4)23-22-33(31-16-10-6-11-17-31)34-24-30(26-39-25-29-14-8-5-9-15-29)20-21-35(34)40-36(38)32-18-12-7-13-19-32/h5-21,24,27-28,33H,22-23,25-26H2,1-4H3. The SMILES string of the molecule is CC(C)N(CCC(c1ccccc1)c1cc(COCc2ccccc2)ccc1OC(=O)c1ccccc1)C(C)C. The number of rotatable bonds is 13. The summed E-state index contributed by atoms with van der Waals surface area (Å²) in [5, 5.41) is 0. The van der Waals surface area contributed by atoms with E-state index in [1.165, 1.54) is 5.56 Å². The molecule has 0 saturated carbocycles. The van der Waals surface area contributed by atoms with Crippen molar-refractivity contribution in [3.05, 3.63) is 137 Å². The highest BCUT2D eigenvalue weighted by molar-refractivity contribution is 5.91. The molecule has 0 amide bonds. The number of nitrogens with zero attached hydrogens (tertiary/aromatic N) is 1. The number of benzene rings is 4. The van der Waals surface area contributed by atoms with Gasteiger partial charge in [0, 0.05) is 23.6 Å². The summed E-state index contributed by atoms with van der Waals surface area (Å²) in [6.07, 6.45) is 0.893. The summed E-state index contributed by atoms with van der Waals surface area (Å²) in [4.78, 5) is 15.6. The van der Waals surface area contributed by atoms with Crippen LogP contribution in [0.3, 0.4) is 0 Å². The lowest BCUT2D eigenvalue weighted by Gasteiger charge is -2.32. The Morgan fingerprint density at radius 3 is 1.90 bits per heavy atom. The lowest BCUT2D eigenvalue weighted by molar-refractivity contribution is 0.0732. The van der Waals surface area contributed by atoms with Crippen molar-refractivity contribution in [2.75, 3.05) is 6.54 Å². The van der Waals surface area contributed by atoms with Crippen LogP contribution >= 0.6 is 0 Å². The third-order valence-electron chi connectivity index (χ3n) is 7.25. The van der Waals surface area contributed by atoms with Gasteiger partial charge in [-0.1, -0.05) is 84.9 Å². The van der Waals surface area contributed by atoms with Crippen LogP contribution in [0.1, 0.15) is 72.6 Å². The van der Waals surface area contributed by atoms with E-state index in [9.17, 15) is 4.79 Å². The molecule has 4 aromatic carbocycles. The quantitative estimate of drug-likeness (QED) is 0.128. The number of esters is 1. The number of carbonyl (C=O) groups is 1. The number of hydrogen-bond acceptors (Lipinski definition) is 4. The highest BCUT2D eigenvalue weighted by atomic mass is 16.5. The Hall–Kier alpha value is -3.73. The van der Waals surface area contributed by atoms with Crippen LogP contribution in [0.5, 0.6) is 5.75 Å². The van der Waals surface area contributed by atoms with E-state index >= 15 is 0 Å². The Kier molecular flexibility index (Phi) is 10.7. The molecule has 0 radical (unpaired) electrons. The van der Waals surface area contributed by atoms with Crippen LogP contribution in [-0.2, 0) is 18.0 Å². The van der Waals surface area contributed by atoms with Crippen molar-refractivity contribution < 1.29 is 14.3 Å². The summed E-state index contributed by atoms with van der Waals surface area (Å²) in [7, 11) is 0. The minimum absolute atomic E-state index is 0.0499. The molecule has 0 saturated heterocycles. The van der Waals surface area contributed by atoms with Crippen molar-refractivity contribution in [2.45, 2.75) is 65.3 Å². The van der Waals surface area contributed by atoms with E-state index in [4.69, 9.17) is 9.47 Å². The molecule has 0 aromatic heterocycles. The zero-order valence-corrected chi connectivity index (χ0v) is 24.1. The highest BCUT2D eigenvalue weighted by Gasteiger charge is 2.24. The van der Waals surface area contributed by atoms with Gasteiger partial charge in [0.15, 0.2) is 0 Å². The van der Waals surface area contributed by atoms with Crippen LogP contribution < -0.4 is 4.74 Å². The smallest absolute Gasteiger partial charge is 0.343 e. The van der Waals surface area contributed by atoms with Gasteiger partial charge in [-0.05, 0) is 81.6 Å². The van der Waals surface area contributed by atoms with Gasteiger partial charge in [-0.3, -0.25) is 4.90 Å². The predicted molar refractivity (Wildman–Crippen MR) is 163 cm³/mol. The fourth-order valence-electron chi connectivity index (χ4n) is 5.22. The van der Waals surface area contributed by atoms with Crippen LogP contribution in [0, 0.1) is 0 Å². The van der Waals surface area contributed by atoms with E-state index in [0.717, 1.165) is 29.7 Å². The van der Waals surface area contributed by atoms with Crippen LogP contribution in [0.2, 0.25) is 0 Å². The van der Waals surface area contributed by atoms with Gasteiger partial charge in [-0.25, -0.2) is 4.79 Å². The molecule has 0 heterocycles. The van der Waals surface area contributed by atoms with Gasteiger partial charge in [0.25, 0.3) is 0 Å². The normalized spacial score (nSPS) is 12.2. The molecular weight excluding hydrogens is 494 g/mol. The Bertz CT molecular complexity index is 1310. The molecule has 0 aliphatic heterocycles. The van der Waals surface area contributed by atoms with Crippen molar-refractivity contribution in [2.24, 2.45) is 0 Å². The molecule has 1 unspecified atom stereocenters. The first kappa shape index (κ1) is 29.3. The van der Waals surface area contributed by atoms with E-state index in [1.54, 1.807) is 12.1 Å². The molecular formula is C36H41NO3. The summed E-state index contributed by atoms with van der Waals surface area (Å²) in [5.41, 5.74) is 4.93.